The summed E-state index contributed by atoms with van der Waals surface area (Å²) >= 11 is 5.79. The first-order chi connectivity index (χ1) is 10.4. The molecule has 6 nitrogen and oxygen atoms in total. The van der Waals surface area contributed by atoms with Crippen LogP contribution in [0.2, 0.25) is 5.02 Å². The van der Waals surface area contributed by atoms with Crippen LogP contribution in [-0.2, 0) is 0 Å². The van der Waals surface area contributed by atoms with E-state index in [9.17, 15) is 14.7 Å². The van der Waals surface area contributed by atoms with Crippen molar-refractivity contribution in [2.45, 2.75) is 12.8 Å². The Kier molecular flexibility index (Phi) is 5.26. The van der Waals surface area contributed by atoms with Crippen molar-refractivity contribution >= 4 is 17.5 Å². The van der Waals surface area contributed by atoms with E-state index in [1.165, 1.54) is 12.3 Å². The van der Waals surface area contributed by atoms with Crippen molar-refractivity contribution in [3.8, 4) is 0 Å². The summed E-state index contributed by atoms with van der Waals surface area (Å²) in [6.07, 6.45) is 3.12. The number of pyridine rings is 1. The molecule has 0 saturated carbocycles. The van der Waals surface area contributed by atoms with Gasteiger partial charge in [0, 0.05) is 31.2 Å². The van der Waals surface area contributed by atoms with Crippen LogP contribution in [0, 0.1) is 5.41 Å². The van der Waals surface area contributed by atoms with Gasteiger partial charge in [-0.05, 0) is 33.0 Å². The number of halogens is 1. The quantitative estimate of drug-likeness (QED) is 0.858. The van der Waals surface area contributed by atoms with E-state index in [-0.39, 0.29) is 23.0 Å². The maximum Gasteiger partial charge on any atom is 0.266 e. The molecule has 1 aliphatic heterocycles. The summed E-state index contributed by atoms with van der Waals surface area (Å²) in [6, 6.07) is 1.39. The van der Waals surface area contributed by atoms with E-state index in [0.29, 0.717) is 18.7 Å². The molecular formula is C15H22ClN3O3. The Morgan fingerprint density at radius 3 is 2.86 bits per heavy atom. The van der Waals surface area contributed by atoms with Gasteiger partial charge in [0.25, 0.3) is 11.5 Å². The molecular weight excluding hydrogens is 306 g/mol. The Morgan fingerprint density at radius 2 is 2.27 bits per heavy atom. The third kappa shape index (κ3) is 3.69. The molecule has 1 aromatic rings. The fraction of sp³-hybridized carbons (Fsp3) is 0.600. The number of hydrogen-bond donors (Lipinski definition) is 2. The van der Waals surface area contributed by atoms with Gasteiger partial charge in [-0.25, -0.2) is 0 Å². The topological polar surface area (TPSA) is 76.6 Å². The minimum absolute atomic E-state index is 0.00423. The smallest absolute Gasteiger partial charge is 0.266 e. The zero-order valence-corrected chi connectivity index (χ0v) is 13.7. The van der Waals surface area contributed by atoms with Crippen LogP contribution in [0.5, 0.6) is 0 Å². The first-order valence-corrected chi connectivity index (χ1v) is 7.68. The number of H-pyrrole nitrogens is 1. The van der Waals surface area contributed by atoms with Gasteiger partial charge in [-0.15, -0.1) is 0 Å². The standard InChI is InChI=1S/C15H22ClN3O3/c1-18(2)8-15(10-20)4-3-5-19(9-15)14(22)11-6-12(16)13(21)17-7-11/h6-7,20H,3-5,8-10H2,1-2H3,(H,17,21). The van der Waals surface area contributed by atoms with Crippen LogP contribution in [0.25, 0.3) is 0 Å². The van der Waals surface area contributed by atoms with E-state index in [1.54, 1.807) is 4.90 Å². The molecule has 0 spiro atoms. The molecule has 1 atom stereocenters. The van der Waals surface area contributed by atoms with Crippen molar-refractivity contribution in [3.63, 3.8) is 0 Å². The van der Waals surface area contributed by atoms with E-state index < -0.39 is 5.56 Å². The number of aromatic nitrogens is 1. The van der Waals surface area contributed by atoms with Crippen LogP contribution in [0.3, 0.4) is 0 Å². The molecule has 1 unspecified atom stereocenters. The van der Waals surface area contributed by atoms with Gasteiger partial charge in [-0.2, -0.15) is 0 Å². The second kappa shape index (κ2) is 6.81. The Labute approximate surface area is 134 Å². The van der Waals surface area contributed by atoms with Crippen molar-refractivity contribution in [1.29, 1.82) is 0 Å². The third-order valence-corrected chi connectivity index (χ3v) is 4.32. The highest BCUT2D eigenvalue weighted by Crippen LogP contribution is 2.31. The Balaban J connectivity index is 2.18. The van der Waals surface area contributed by atoms with Crippen LogP contribution >= 0.6 is 11.6 Å². The molecule has 0 aliphatic carbocycles. The minimum Gasteiger partial charge on any atom is -0.396 e. The van der Waals surface area contributed by atoms with Crippen LogP contribution in [0.1, 0.15) is 23.2 Å². The highest BCUT2D eigenvalue weighted by molar-refractivity contribution is 6.30. The zero-order chi connectivity index (χ0) is 16.3. The number of nitrogens with one attached hydrogen (secondary N) is 1. The number of likely N-dealkylation sites (tertiary alicyclic amines) is 1. The predicted octanol–water partition coefficient (Wildman–Crippen LogP) is 0.805. The summed E-state index contributed by atoms with van der Waals surface area (Å²) in [5.74, 6) is -0.172. The van der Waals surface area contributed by atoms with Gasteiger partial charge in [0.1, 0.15) is 5.02 Å². The minimum atomic E-state index is -0.408. The monoisotopic (exact) mass is 327 g/mol. The molecule has 1 aliphatic rings. The molecule has 1 aromatic heterocycles. The SMILES string of the molecule is CN(C)CC1(CO)CCCN(C(=O)c2c[nH]c(=O)c(Cl)c2)C1. The number of piperidine rings is 1. The third-order valence-electron chi connectivity index (χ3n) is 4.04. The van der Waals surface area contributed by atoms with Crippen molar-refractivity contribution < 1.29 is 9.90 Å². The van der Waals surface area contributed by atoms with Gasteiger partial charge >= 0.3 is 0 Å². The second-order valence-corrected chi connectivity index (χ2v) is 6.70. The number of nitrogens with zero attached hydrogens (tertiary/aromatic N) is 2. The fourth-order valence-electron chi connectivity index (χ4n) is 3.12. The maximum atomic E-state index is 12.6. The van der Waals surface area contributed by atoms with Crippen LogP contribution < -0.4 is 5.56 Å². The Bertz CT molecular complexity index is 602. The lowest BCUT2D eigenvalue weighted by molar-refractivity contribution is 0.0138. The molecule has 1 fully saturated rings. The number of aromatic amines is 1. The summed E-state index contributed by atoms with van der Waals surface area (Å²) in [5, 5.41) is 9.81. The van der Waals surface area contributed by atoms with Crippen LogP contribution in [-0.4, -0.2) is 66.1 Å². The number of carbonyl (C=O) groups is 1. The molecule has 2 heterocycles. The first kappa shape index (κ1) is 17.0. The normalized spacial score (nSPS) is 22.1. The summed E-state index contributed by atoms with van der Waals surface area (Å²) in [5.41, 5.74) is -0.346. The summed E-state index contributed by atoms with van der Waals surface area (Å²) in [4.78, 5) is 30.1. The van der Waals surface area contributed by atoms with Crippen LogP contribution in [0.4, 0.5) is 0 Å². The lowest BCUT2D eigenvalue weighted by Crippen LogP contribution is -2.52. The van der Waals surface area contributed by atoms with E-state index in [1.807, 2.05) is 19.0 Å². The average molecular weight is 328 g/mol. The van der Waals surface area contributed by atoms with Crippen molar-refractivity contribution in [3.05, 3.63) is 33.2 Å². The van der Waals surface area contributed by atoms with E-state index in [2.05, 4.69) is 4.98 Å². The molecule has 0 aromatic carbocycles. The molecule has 2 N–H and O–H groups in total. The molecule has 7 heteroatoms. The number of rotatable bonds is 4. The number of aliphatic hydroxyl groups excluding tert-OH is 1. The molecule has 0 bridgehead atoms. The molecule has 0 radical (unpaired) electrons. The van der Waals surface area contributed by atoms with E-state index in [0.717, 1.165) is 19.4 Å². The Morgan fingerprint density at radius 1 is 1.55 bits per heavy atom. The molecule has 22 heavy (non-hydrogen) atoms. The summed E-state index contributed by atoms with van der Waals surface area (Å²) < 4.78 is 0. The van der Waals surface area contributed by atoms with Gasteiger partial charge in [0.15, 0.2) is 0 Å². The number of amides is 1. The van der Waals surface area contributed by atoms with Crippen LogP contribution in [0.15, 0.2) is 17.1 Å². The first-order valence-electron chi connectivity index (χ1n) is 7.30. The predicted molar refractivity (Wildman–Crippen MR) is 85.3 cm³/mol. The number of aliphatic hydroxyl groups is 1. The molecule has 1 amide bonds. The fourth-order valence-corrected chi connectivity index (χ4v) is 3.29. The van der Waals surface area contributed by atoms with Crippen molar-refractivity contribution in [2.24, 2.45) is 5.41 Å². The highest BCUT2D eigenvalue weighted by Gasteiger charge is 2.37. The zero-order valence-electron chi connectivity index (χ0n) is 12.9. The number of hydrogen-bond acceptors (Lipinski definition) is 4. The van der Waals surface area contributed by atoms with E-state index >= 15 is 0 Å². The summed E-state index contributed by atoms with van der Waals surface area (Å²) in [6.45, 7) is 1.91. The Hall–Kier alpha value is -1.37. The maximum absolute atomic E-state index is 12.6. The van der Waals surface area contributed by atoms with Crippen molar-refractivity contribution in [2.75, 3.05) is 40.3 Å². The average Bonchev–Trinajstić information content (AvgIpc) is 2.49. The van der Waals surface area contributed by atoms with Gasteiger partial charge in [0.05, 0.1) is 12.2 Å². The van der Waals surface area contributed by atoms with Gasteiger partial charge < -0.3 is 19.9 Å². The highest BCUT2D eigenvalue weighted by atomic mass is 35.5. The van der Waals surface area contributed by atoms with Gasteiger partial charge in [0.2, 0.25) is 0 Å². The molecule has 122 valence electrons. The lowest BCUT2D eigenvalue weighted by Gasteiger charge is -2.43. The van der Waals surface area contributed by atoms with Crippen molar-refractivity contribution in [1.82, 2.24) is 14.8 Å². The lowest BCUT2D eigenvalue weighted by atomic mass is 9.80. The molecule has 2 rings (SSSR count). The number of carbonyl (C=O) groups excluding carboxylic acids is 1. The molecule has 1 saturated heterocycles. The second-order valence-electron chi connectivity index (χ2n) is 6.29. The van der Waals surface area contributed by atoms with Gasteiger partial charge in [-0.1, -0.05) is 11.6 Å². The van der Waals surface area contributed by atoms with Gasteiger partial charge in [-0.3, -0.25) is 9.59 Å². The largest absolute Gasteiger partial charge is 0.396 e. The summed E-state index contributed by atoms with van der Waals surface area (Å²) in [7, 11) is 3.92. The van der Waals surface area contributed by atoms with E-state index in [4.69, 9.17) is 11.6 Å².